The van der Waals surface area contributed by atoms with Gasteiger partial charge < -0.3 is 9.84 Å². The first kappa shape index (κ1) is 12.4. The number of nitrogens with one attached hydrogen (secondary N) is 2. The number of fused-ring (bicyclic) bond motifs is 1. The Morgan fingerprint density at radius 3 is 2.75 bits per heavy atom. The number of benzene rings is 2. The number of amidine groups is 1. The van der Waals surface area contributed by atoms with Crippen LogP contribution in [0.4, 0.5) is 0 Å². The van der Waals surface area contributed by atoms with Gasteiger partial charge in [0.25, 0.3) is 0 Å². The molecule has 0 atom stereocenters. The Kier molecular flexibility index (Phi) is 3.21. The van der Waals surface area contributed by atoms with Crippen LogP contribution in [-0.4, -0.2) is 11.0 Å². The lowest BCUT2D eigenvalue weighted by atomic mass is 10.1. The number of rotatable bonds is 3. The summed E-state index contributed by atoms with van der Waals surface area (Å²) < 4.78 is 5.26. The molecule has 0 spiro atoms. The highest BCUT2D eigenvalue weighted by Gasteiger charge is 2.12. The van der Waals surface area contributed by atoms with Gasteiger partial charge in [0, 0.05) is 6.54 Å². The van der Waals surface area contributed by atoms with Gasteiger partial charge >= 0.3 is 0 Å². The van der Waals surface area contributed by atoms with Gasteiger partial charge in [-0.2, -0.15) is 0 Å². The summed E-state index contributed by atoms with van der Waals surface area (Å²) in [6.45, 7) is 2.66. The molecule has 4 heteroatoms. The van der Waals surface area contributed by atoms with E-state index in [0.717, 1.165) is 10.9 Å². The molecule has 0 bridgehead atoms. The maximum absolute atomic E-state index is 8.10. The molecule has 0 aliphatic rings. The Morgan fingerprint density at radius 1 is 1.15 bits per heavy atom. The smallest absolute Gasteiger partial charge is 0.209 e. The average molecular weight is 265 g/mol. The molecule has 4 nitrogen and oxygen atoms in total. The van der Waals surface area contributed by atoms with E-state index >= 15 is 0 Å². The van der Waals surface area contributed by atoms with Crippen LogP contribution in [-0.2, 0) is 6.54 Å². The van der Waals surface area contributed by atoms with Gasteiger partial charge in [0.15, 0.2) is 5.84 Å². The van der Waals surface area contributed by atoms with Crippen LogP contribution in [0.2, 0.25) is 0 Å². The van der Waals surface area contributed by atoms with Gasteiger partial charge in [0.1, 0.15) is 5.52 Å². The topological polar surface area (TPSA) is 61.9 Å². The predicted octanol–water partition coefficient (Wildman–Crippen LogP) is 3.25. The standard InChI is InChI=1S/C16H15N3O/c1-11-6-2-3-7-12(11)10-18-16(17)15-13-8-4-5-9-14(13)19-20-15/h2-9H,10H2,1H3,(H2,17,18). The Bertz CT molecular complexity index is 761. The van der Waals surface area contributed by atoms with Crippen molar-refractivity contribution in [1.82, 2.24) is 10.5 Å². The molecule has 100 valence electrons. The highest BCUT2D eigenvalue weighted by Crippen LogP contribution is 2.17. The average Bonchev–Trinajstić information content (AvgIpc) is 2.90. The SMILES string of the molecule is Cc1ccccc1CNC(=N)c1onc2ccccc12. The van der Waals surface area contributed by atoms with Gasteiger partial charge in [-0.05, 0) is 30.2 Å². The fourth-order valence-corrected chi connectivity index (χ4v) is 2.14. The minimum absolute atomic E-state index is 0.252. The van der Waals surface area contributed by atoms with Crippen molar-refractivity contribution in [3.8, 4) is 0 Å². The van der Waals surface area contributed by atoms with Gasteiger partial charge in [-0.15, -0.1) is 0 Å². The summed E-state index contributed by atoms with van der Waals surface area (Å²) in [5, 5.41) is 16.0. The first-order chi connectivity index (χ1) is 9.75. The summed E-state index contributed by atoms with van der Waals surface area (Å²) in [7, 11) is 0. The zero-order valence-electron chi connectivity index (χ0n) is 11.2. The van der Waals surface area contributed by atoms with Crippen LogP contribution in [0.25, 0.3) is 10.9 Å². The van der Waals surface area contributed by atoms with Crippen LogP contribution < -0.4 is 5.32 Å². The van der Waals surface area contributed by atoms with Crippen LogP contribution in [0, 0.1) is 12.3 Å². The van der Waals surface area contributed by atoms with Crippen molar-refractivity contribution >= 4 is 16.7 Å². The number of aryl methyl sites for hydroxylation is 1. The third kappa shape index (κ3) is 2.28. The lowest BCUT2D eigenvalue weighted by Gasteiger charge is -2.08. The Labute approximate surface area is 116 Å². The molecule has 3 aromatic rings. The molecule has 0 amide bonds. The minimum atomic E-state index is 0.252. The summed E-state index contributed by atoms with van der Waals surface area (Å²) in [6, 6.07) is 15.7. The summed E-state index contributed by atoms with van der Waals surface area (Å²) in [6.07, 6.45) is 0. The van der Waals surface area contributed by atoms with Gasteiger partial charge in [-0.1, -0.05) is 41.6 Å². The molecule has 3 rings (SSSR count). The molecule has 0 radical (unpaired) electrons. The third-order valence-corrected chi connectivity index (χ3v) is 3.33. The van der Waals surface area contributed by atoms with E-state index in [0.29, 0.717) is 12.3 Å². The Balaban J connectivity index is 1.79. The normalized spacial score (nSPS) is 10.7. The molecule has 0 fully saturated rings. The maximum atomic E-state index is 8.10. The van der Waals surface area contributed by atoms with Crippen LogP contribution in [0.1, 0.15) is 16.9 Å². The van der Waals surface area contributed by atoms with Crippen molar-refractivity contribution in [3.63, 3.8) is 0 Å². The van der Waals surface area contributed by atoms with Crippen LogP contribution in [0.15, 0.2) is 53.1 Å². The number of hydrogen-bond acceptors (Lipinski definition) is 3. The molecule has 0 saturated carbocycles. The summed E-state index contributed by atoms with van der Waals surface area (Å²) >= 11 is 0. The molecule has 0 unspecified atom stereocenters. The zero-order chi connectivity index (χ0) is 13.9. The summed E-state index contributed by atoms with van der Waals surface area (Å²) in [4.78, 5) is 0. The molecule has 1 aromatic heterocycles. The lowest BCUT2D eigenvalue weighted by Crippen LogP contribution is -2.22. The van der Waals surface area contributed by atoms with Gasteiger partial charge in [0.2, 0.25) is 5.76 Å². The van der Waals surface area contributed by atoms with Gasteiger partial charge in [-0.25, -0.2) is 0 Å². The number of hydrogen-bond donors (Lipinski definition) is 2. The highest BCUT2D eigenvalue weighted by atomic mass is 16.5. The summed E-state index contributed by atoms with van der Waals surface area (Å²) in [5.74, 6) is 0.733. The van der Waals surface area contributed by atoms with Gasteiger partial charge in [0.05, 0.1) is 5.39 Å². The fraction of sp³-hybridized carbons (Fsp3) is 0.125. The third-order valence-electron chi connectivity index (χ3n) is 3.33. The lowest BCUT2D eigenvalue weighted by molar-refractivity contribution is 0.419. The quantitative estimate of drug-likeness (QED) is 0.564. The van der Waals surface area contributed by atoms with E-state index in [-0.39, 0.29) is 5.84 Å². The first-order valence-corrected chi connectivity index (χ1v) is 6.47. The predicted molar refractivity (Wildman–Crippen MR) is 78.9 cm³/mol. The van der Waals surface area contributed by atoms with Crippen molar-refractivity contribution in [3.05, 3.63) is 65.4 Å². The van der Waals surface area contributed by atoms with E-state index in [1.807, 2.05) is 42.5 Å². The van der Waals surface area contributed by atoms with E-state index in [1.165, 1.54) is 11.1 Å². The first-order valence-electron chi connectivity index (χ1n) is 6.47. The van der Waals surface area contributed by atoms with Crippen molar-refractivity contribution in [2.24, 2.45) is 0 Å². The molecule has 0 aliphatic heterocycles. The second kappa shape index (κ2) is 5.17. The fourth-order valence-electron chi connectivity index (χ4n) is 2.14. The molecular formula is C16H15N3O. The van der Waals surface area contributed by atoms with E-state index in [2.05, 4.69) is 23.5 Å². The minimum Gasteiger partial charge on any atom is -0.363 e. The second-order valence-electron chi connectivity index (χ2n) is 4.68. The number of nitrogens with zero attached hydrogens (tertiary/aromatic N) is 1. The molecule has 0 aliphatic carbocycles. The summed E-state index contributed by atoms with van der Waals surface area (Å²) in [5.41, 5.74) is 3.14. The largest absolute Gasteiger partial charge is 0.363 e. The van der Waals surface area contributed by atoms with Crippen LogP contribution in [0.3, 0.4) is 0 Å². The Morgan fingerprint density at radius 2 is 1.90 bits per heavy atom. The van der Waals surface area contributed by atoms with Crippen LogP contribution >= 0.6 is 0 Å². The van der Waals surface area contributed by atoms with Gasteiger partial charge in [-0.3, -0.25) is 5.41 Å². The molecule has 20 heavy (non-hydrogen) atoms. The van der Waals surface area contributed by atoms with E-state index < -0.39 is 0 Å². The van der Waals surface area contributed by atoms with Crippen LogP contribution in [0.5, 0.6) is 0 Å². The Hall–Kier alpha value is -2.62. The van der Waals surface area contributed by atoms with E-state index in [9.17, 15) is 0 Å². The number of aromatic nitrogens is 1. The molecule has 0 saturated heterocycles. The van der Waals surface area contributed by atoms with E-state index in [1.54, 1.807) is 0 Å². The van der Waals surface area contributed by atoms with Crippen molar-refractivity contribution in [1.29, 1.82) is 5.41 Å². The maximum Gasteiger partial charge on any atom is 0.209 e. The molecule has 1 heterocycles. The van der Waals surface area contributed by atoms with Crippen molar-refractivity contribution in [2.45, 2.75) is 13.5 Å². The second-order valence-corrected chi connectivity index (χ2v) is 4.68. The highest BCUT2D eigenvalue weighted by molar-refractivity contribution is 6.04. The van der Waals surface area contributed by atoms with Crippen molar-refractivity contribution in [2.75, 3.05) is 0 Å². The van der Waals surface area contributed by atoms with E-state index in [4.69, 9.17) is 9.93 Å². The molecule has 2 N–H and O–H groups in total. The molecular weight excluding hydrogens is 250 g/mol. The zero-order valence-corrected chi connectivity index (χ0v) is 11.2. The van der Waals surface area contributed by atoms with Crippen molar-refractivity contribution < 1.29 is 4.52 Å². The monoisotopic (exact) mass is 265 g/mol. The molecule has 2 aromatic carbocycles.